The zero-order valence-corrected chi connectivity index (χ0v) is 17.8. The molecule has 0 aliphatic rings. The monoisotopic (exact) mass is 428 g/mol. The van der Waals surface area contributed by atoms with Gasteiger partial charge in [0.1, 0.15) is 5.76 Å². The molecular weight excluding hydrogens is 404 g/mol. The van der Waals surface area contributed by atoms with Crippen molar-refractivity contribution in [1.82, 2.24) is 9.78 Å². The predicted molar refractivity (Wildman–Crippen MR) is 123 cm³/mol. The minimum absolute atomic E-state index is 0.0239. The second-order valence-corrected chi connectivity index (χ2v) is 7.27. The van der Waals surface area contributed by atoms with E-state index < -0.39 is 0 Å². The number of furan rings is 1. The third-order valence-corrected chi connectivity index (χ3v) is 5.01. The first kappa shape index (κ1) is 21.1. The number of nitrogens with zero attached hydrogens (tertiary/aromatic N) is 3. The van der Waals surface area contributed by atoms with Gasteiger partial charge in [-0.05, 0) is 55.0 Å². The number of amides is 2. The van der Waals surface area contributed by atoms with Gasteiger partial charge in [-0.2, -0.15) is 5.10 Å². The summed E-state index contributed by atoms with van der Waals surface area (Å²) in [4.78, 5) is 27.0. The molecule has 1 N–H and O–H groups in total. The molecule has 0 fully saturated rings. The van der Waals surface area contributed by atoms with Crippen molar-refractivity contribution in [3.05, 3.63) is 102 Å². The van der Waals surface area contributed by atoms with Crippen LogP contribution in [0.4, 0.5) is 11.4 Å². The van der Waals surface area contributed by atoms with Crippen molar-refractivity contribution in [3.63, 3.8) is 0 Å². The Kier molecular flexibility index (Phi) is 6.46. The molecule has 2 amide bonds. The topological polar surface area (TPSA) is 80.4 Å². The number of likely N-dealkylation sites (N-methyl/N-ethyl adjacent to an activating group) is 1. The van der Waals surface area contributed by atoms with Crippen LogP contribution < -0.4 is 10.2 Å². The van der Waals surface area contributed by atoms with Crippen molar-refractivity contribution in [2.75, 3.05) is 16.8 Å². The first-order valence-electron chi connectivity index (χ1n) is 10.4. The van der Waals surface area contributed by atoms with Gasteiger partial charge in [0.25, 0.3) is 5.91 Å². The molecule has 0 radical (unpaired) electrons. The van der Waals surface area contributed by atoms with Crippen LogP contribution in [0.15, 0.2) is 89.6 Å². The minimum atomic E-state index is -0.332. The Morgan fingerprint density at radius 3 is 2.47 bits per heavy atom. The van der Waals surface area contributed by atoms with E-state index in [1.54, 1.807) is 40.0 Å². The summed E-state index contributed by atoms with van der Waals surface area (Å²) in [5, 5.41) is 6.94. The van der Waals surface area contributed by atoms with Crippen molar-refractivity contribution >= 4 is 23.2 Å². The van der Waals surface area contributed by atoms with Crippen LogP contribution in [0.25, 0.3) is 0 Å². The van der Waals surface area contributed by atoms with Crippen molar-refractivity contribution in [2.45, 2.75) is 19.9 Å². The van der Waals surface area contributed by atoms with Gasteiger partial charge < -0.3 is 14.6 Å². The van der Waals surface area contributed by atoms with Crippen LogP contribution in [0.5, 0.6) is 0 Å². The van der Waals surface area contributed by atoms with E-state index in [2.05, 4.69) is 10.4 Å². The summed E-state index contributed by atoms with van der Waals surface area (Å²) in [6, 6.07) is 22.1. The molecule has 0 spiro atoms. The van der Waals surface area contributed by atoms with E-state index in [-0.39, 0.29) is 24.0 Å². The van der Waals surface area contributed by atoms with Crippen LogP contribution in [0.3, 0.4) is 0 Å². The molecule has 0 aliphatic heterocycles. The quantitative estimate of drug-likeness (QED) is 0.452. The number of benzene rings is 2. The molecule has 0 bridgehead atoms. The molecule has 2 aromatic carbocycles. The molecule has 0 aliphatic carbocycles. The van der Waals surface area contributed by atoms with Gasteiger partial charge in [-0.15, -0.1) is 0 Å². The summed E-state index contributed by atoms with van der Waals surface area (Å²) in [6.45, 7) is 3.02. The molecule has 32 heavy (non-hydrogen) atoms. The maximum atomic E-state index is 12.7. The highest BCUT2D eigenvalue weighted by Gasteiger charge is 2.15. The van der Waals surface area contributed by atoms with Gasteiger partial charge in [0.2, 0.25) is 5.91 Å². The molecule has 0 saturated heterocycles. The molecule has 0 atom stereocenters. The van der Waals surface area contributed by atoms with Gasteiger partial charge in [-0.1, -0.05) is 30.3 Å². The van der Waals surface area contributed by atoms with Gasteiger partial charge in [0.05, 0.1) is 13.0 Å². The molecule has 7 heteroatoms. The second kappa shape index (κ2) is 9.78. The average Bonchev–Trinajstić information content (AvgIpc) is 3.49. The molecular formula is C25H24N4O3. The van der Waals surface area contributed by atoms with Crippen LogP contribution >= 0.6 is 0 Å². The summed E-state index contributed by atoms with van der Waals surface area (Å²) in [6.07, 6.45) is 3.80. The highest BCUT2D eigenvalue weighted by Crippen LogP contribution is 2.17. The van der Waals surface area contributed by atoms with Crippen LogP contribution in [0.2, 0.25) is 0 Å². The Balaban J connectivity index is 1.35. The van der Waals surface area contributed by atoms with Crippen molar-refractivity contribution < 1.29 is 14.0 Å². The molecule has 4 rings (SSSR count). The Morgan fingerprint density at radius 1 is 1.00 bits per heavy atom. The van der Waals surface area contributed by atoms with E-state index in [4.69, 9.17) is 4.42 Å². The number of para-hydroxylation sites is 1. The van der Waals surface area contributed by atoms with E-state index in [1.165, 1.54) is 0 Å². The van der Waals surface area contributed by atoms with Crippen LogP contribution in [0.1, 0.15) is 28.8 Å². The lowest BCUT2D eigenvalue weighted by Gasteiger charge is -2.21. The fourth-order valence-corrected chi connectivity index (χ4v) is 3.42. The van der Waals surface area contributed by atoms with Gasteiger partial charge >= 0.3 is 0 Å². The Bertz CT molecular complexity index is 1170. The first-order chi connectivity index (χ1) is 15.6. The summed E-state index contributed by atoms with van der Waals surface area (Å²) in [5.74, 6) is 0.567. The highest BCUT2D eigenvalue weighted by atomic mass is 16.4. The average molecular weight is 428 g/mol. The lowest BCUT2D eigenvalue weighted by Crippen LogP contribution is -2.31. The Morgan fingerprint density at radius 2 is 1.78 bits per heavy atom. The van der Waals surface area contributed by atoms with Gasteiger partial charge in [0, 0.05) is 30.3 Å². The molecule has 162 valence electrons. The normalized spacial score (nSPS) is 10.7. The number of aromatic nitrogens is 2. The van der Waals surface area contributed by atoms with E-state index in [0.29, 0.717) is 24.5 Å². The van der Waals surface area contributed by atoms with Crippen LogP contribution in [-0.2, 0) is 17.8 Å². The minimum Gasteiger partial charge on any atom is -0.454 e. The molecule has 2 heterocycles. The Labute approximate surface area is 186 Å². The fourth-order valence-electron chi connectivity index (χ4n) is 3.42. The van der Waals surface area contributed by atoms with Gasteiger partial charge in [0.15, 0.2) is 5.76 Å². The first-order valence-corrected chi connectivity index (χ1v) is 10.4. The third-order valence-electron chi connectivity index (χ3n) is 5.01. The Hall–Kier alpha value is -4.13. The zero-order valence-electron chi connectivity index (χ0n) is 17.8. The third kappa shape index (κ3) is 5.13. The summed E-state index contributed by atoms with van der Waals surface area (Å²) in [7, 11) is 0. The molecule has 2 aromatic heterocycles. The number of anilines is 2. The largest absolute Gasteiger partial charge is 0.454 e. The lowest BCUT2D eigenvalue weighted by molar-refractivity contribution is -0.117. The van der Waals surface area contributed by atoms with Gasteiger partial charge in [-0.3, -0.25) is 14.3 Å². The standard InChI is InChI=1S/C25H24N4O3/c1-2-29(21-7-4-3-5-8-21)24(30)17-19-9-11-20(12-10-19)27-25(31)23-14-13-22(32-23)18-28-16-6-15-26-28/h3-16H,2,17-18H2,1H3,(H,27,31). The molecule has 0 saturated carbocycles. The number of carbonyl (C=O) groups excluding carboxylic acids is 2. The maximum absolute atomic E-state index is 12.7. The SMILES string of the molecule is CCN(C(=O)Cc1ccc(NC(=O)c2ccc(Cn3cccn3)o2)cc1)c1ccccc1. The summed E-state index contributed by atoms with van der Waals surface area (Å²) < 4.78 is 7.35. The number of hydrogen-bond acceptors (Lipinski definition) is 4. The fraction of sp³-hybridized carbons (Fsp3) is 0.160. The maximum Gasteiger partial charge on any atom is 0.291 e. The van der Waals surface area contributed by atoms with Crippen molar-refractivity contribution in [2.24, 2.45) is 0 Å². The number of carbonyl (C=O) groups is 2. The van der Waals surface area contributed by atoms with E-state index >= 15 is 0 Å². The highest BCUT2D eigenvalue weighted by molar-refractivity contribution is 6.02. The number of hydrogen-bond donors (Lipinski definition) is 1. The van der Waals surface area contributed by atoms with Crippen LogP contribution in [0, 0.1) is 0 Å². The number of rotatable bonds is 8. The summed E-state index contributed by atoms with van der Waals surface area (Å²) >= 11 is 0. The zero-order chi connectivity index (χ0) is 22.3. The second-order valence-electron chi connectivity index (χ2n) is 7.27. The van der Waals surface area contributed by atoms with E-state index in [0.717, 1.165) is 11.3 Å². The lowest BCUT2D eigenvalue weighted by atomic mass is 10.1. The van der Waals surface area contributed by atoms with Crippen molar-refractivity contribution in [1.29, 1.82) is 0 Å². The van der Waals surface area contributed by atoms with Crippen molar-refractivity contribution in [3.8, 4) is 0 Å². The number of nitrogens with one attached hydrogen (secondary N) is 1. The van der Waals surface area contributed by atoms with Crippen LogP contribution in [-0.4, -0.2) is 28.1 Å². The van der Waals surface area contributed by atoms with E-state index in [1.807, 2.05) is 61.7 Å². The van der Waals surface area contributed by atoms with E-state index in [9.17, 15) is 9.59 Å². The molecule has 0 unspecified atom stereocenters. The molecule has 4 aromatic rings. The van der Waals surface area contributed by atoms with Gasteiger partial charge in [-0.25, -0.2) is 0 Å². The molecule has 7 nitrogen and oxygen atoms in total. The smallest absolute Gasteiger partial charge is 0.291 e. The summed E-state index contributed by atoms with van der Waals surface area (Å²) in [5.41, 5.74) is 2.39. The predicted octanol–water partition coefficient (Wildman–Crippen LogP) is 4.37.